The number of ether oxygens (including phenoxy) is 7. The number of nitrogens with zero attached hydrogens (tertiary/aromatic N) is 4. The summed E-state index contributed by atoms with van der Waals surface area (Å²) in [6, 6.07) is 7.51. The molecule has 0 bridgehead atoms. The fourth-order valence-electron chi connectivity index (χ4n) is 12.7. The van der Waals surface area contributed by atoms with E-state index in [1.54, 1.807) is 38.1 Å². The van der Waals surface area contributed by atoms with Crippen LogP contribution in [0.4, 0.5) is 25.8 Å². The van der Waals surface area contributed by atoms with Gasteiger partial charge in [-0.15, -0.1) is 0 Å². The van der Waals surface area contributed by atoms with Crippen molar-refractivity contribution in [3.63, 3.8) is 0 Å². The standard InChI is InChI=1S/C65H82N10O20/c1-33(2)53(71-45(77)19-8-7-11-23-75-46(78)20-21-47(75)79)60(85)70-41(18-13-22-68-63(67)86)59(84)69-40-17-10-9-14-35(40)31-91-64(87)72(4)24-25-73(5)65(88)92-32-43(76)36-28-38-50(57(83)52-51(55(38)81)54(80)37-15-12-16-39(66)49(37)56(52)82)44(29-36)94-48-30-42-58(34(3)93-48)95-61-62(89-6)90-27-26-74(42)61/h9-10,12,14-17,20-21,33-34,36,41-42,44,48,53,58,61-62,81,83H,7-8,11,13,18-19,22-32,66H2,1-6H3,(H,69,84)(H,70,85)(H,71,77)(H3,67,68,86)/t34-,36+,41-,42-,44-,48?,53-,58+,61+,62-/m0/s1. The summed E-state index contributed by atoms with van der Waals surface area (Å²) in [6.07, 6.45) is -2.03. The lowest BCUT2D eigenvalue weighted by Gasteiger charge is -2.42. The molecular formula is C65H82N10O20. The van der Waals surface area contributed by atoms with E-state index in [2.05, 4.69) is 26.2 Å². The Morgan fingerprint density at radius 3 is 2.22 bits per heavy atom. The van der Waals surface area contributed by atoms with Crippen LogP contribution in [-0.4, -0.2) is 211 Å². The average Bonchev–Trinajstić information content (AvgIpc) is 1.25. The summed E-state index contributed by atoms with van der Waals surface area (Å²) in [5.41, 5.74) is 10.9. The highest BCUT2D eigenvalue weighted by Gasteiger charge is 2.54. The first kappa shape index (κ1) is 70.3. The maximum Gasteiger partial charge on any atom is 0.409 e. The number of morpholine rings is 1. The van der Waals surface area contributed by atoms with Crippen LogP contribution in [0.15, 0.2) is 54.6 Å². The molecule has 512 valence electrons. The summed E-state index contributed by atoms with van der Waals surface area (Å²) in [5.74, 6) is -7.35. The Kier molecular flexibility index (Phi) is 22.9. The number of hydrogen-bond acceptors (Lipinski definition) is 22. The smallest absolute Gasteiger partial charge is 0.409 e. The number of anilines is 2. The van der Waals surface area contributed by atoms with Gasteiger partial charge in [0.25, 0.3) is 11.8 Å². The van der Waals surface area contributed by atoms with Crippen molar-refractivity contribution in [1.29, 1.82) is 0 Å². The van der Waals surface area contributed by atoms with Crippen LogP contribution in [0.25, 0.3) is 0 Å². The Morgan fingerprint density at radius 2 is 1.52 bits per heavy atom. The second-order valence-corrected chi connectivity index (χ2v) is 24.6. The van der Waals surface area contributed by atoms with E-state index >= 15 is 0 Å². The number of urea groups is 1. The maximum atomic E-state index is 14.3. The van der Waals surface area contributed by atoms with Crippen LogP contribution >= 0.6 is 0 Å². The van der Waals surface area contributed by atoms with Crippen LogP contribution in [0.1, 0.15) is 127 Å². The van der Waals surface area contributed by atoms with Gasteiger partial charge in [-0.2, -0.15) is 0 Å². The minimum atomic E-state index is -1.22. The molecule has 0 spiro atoms. The Morgan fingerprint density at radius 1 is 0.811 bits per heavy atom. The number of rotatable bonds is 27. The monoisotopic (exact) mass is 1320 g/mol. The van der Waals surface area contributed by atoms with E-state index in [1.807, 2.05) is 6.92 Å². The third-order valence-corrected chi connectivity index (χ3v) is 17.9. The summed E-state index contributed by atoms with van der Waals surface area (Å²) >= 11 is 0. The molecule has 10 N–H and O–H groups in total. The highest BCUT2D eigenvalue weighted by Crippen LogP contribution is 2.52. The number of methoxy groups -OCH3 is 1. The molecule has 3 aromatic carbocycles. The van der Waals surface area contributed by atoms with Crippen molar-refractivity contribution >= 4 is 76.5 Å². The van der Waals surface area contributed by atoms with Crippen molar-refractivity contribution in [2.75, 3.05) is 78.2 Å². The fraction of sp³-hybridized carbons (Fsp3) is 0.523. The van der Waals surface area contributed by atoms with E-state index in [4.69, 9.17) is 44.6 Å². The maximum absolute atomic E-state index is 14.3. The van der Waals surface area contributed by atoms with E-state index < -0.39 is 144 Å². The molecule has 2 aliphatic carbocycles. The van der Waals surface area contributed by atoms with Gasteiger partial charge in [0.2, 0.25) is 17.7 Å². The molecule has 30 heteroatoms. The van der Waals surface area contributed by atoms with Gasteiger partial charge in [-0.3, -0.25) is 48.2 Å². The quantitative estimate of drug-likeness (QED) is 0.0184. The van der Waals surface area contributed by atoms with E-state index in [9.17, 15) is 63.0 Å². The van der Waals surface area contributed by atoms with Gasteiger partial charge < -0.3 is 85.9 Å². The van der Waals surface area contributed by atoms with E-state index in [0.29, 0.717) is 38.0 Å². The minimum Gasteiger partial charge on any atom is -0.507 e. The SMILES string of the molecule is CO[C@H]1OCCN2[C@@H]1O[C@@H]1[C@H](C)OC(O[C@H]3C[C@H](C(=O)COC(=O)N(C)CCN(C)C(=O)OCc4ccccc4NC(=O)[C@H](CCCNC(N)=O)NC(=O)[C@@H](NC(=O)CCCCCN4C(=O)C=CC4=O)C(C)C)Cc4c(O)c5c(c(O)c43)C(=O)c3c(N)cccc3C5=O)C[C@@H]12. The van der Waals surface area contributed by atoms with E-state index in [-0.39, 0.29) is 123 Å². The first-order valence-corrected chi connectivity index (χ1v) is 31.7. The number of aromatic hydroxyl groups is 2. The van der Waals surface area contributed by atoms with Crippen molar-refractivity contribution in [3.05, 3.63) is 93.6 Å². The van der Waals surface area contributed by atoms with Gasteiger partial charge in [0.05, 0.1) is 35.5 Å². The van der Waals surface area contributed by atoms with Gasteiger partial charge >= 0.3 is 18.2 Å². The number of unbranched alkanes of at least 4 members (excludes halogenated alkanes) is 2. The predicted octanol–water partition coefficient (Wildman–Crippen LogP) is 3.01. The summed E-state index contributed by atoms with van der Waals surface area (Å²) in [4.78, 5) is 151. The van der Waals surface area contributed by atoms with Gasteiger partial charge in [-0.05, 0) is 63.5 Å². The molecular weight excluding hydrogens is 1240 g/mol. The van der Waals surface area contributed by atoms with Gasteiger partial charge in [0, 0.05) is 125 Å². The normalized spacial score (nSPS) is 22.5. The number of likely N-dealkylation sites (N-methyl/N-ethyl adjacent to an activating group) is 2. The Labute approximate surface area is 547 Å². The van der Waals surface area contributed by atoms with Crippen molar-refractivity contribution in [3.8, 4) is 11.5 Å². The fourth-order valence-corrected chi connectivity index (χ4v) is 12.7. The summed E-state index contributed by atoms with van der Waals surface area (Å²) < 4.78 is 41.9. The van der Waals surface area contributed by atoms with Crippen LogP contribution in [-0.2, 0) is 75.0 Å². The van der Waals surface area contributed by atoms with Crippen molar-refractivity contribution < 1.29 is 96.1 Å². The number of ketones is 3. The van der Waals surface area contributed by atoms with Gasteiger partial charge in [0.1, 0.15) is 36.3 Å². The van der Waals surface area contributed by atoms with Crippen molar-refractivity contribution in [2.45, 2.75) is 140 Å². The third kappa shape index (κ3) is 16.0. The number of benzene rings is 3. The first-order chi connectivity index (χ1) is 45.4. The van der Waals surface area contributed by atoms with Crippen LogP contribution < -0.4 is 32.7 Å². The summed E-state index contributed by atoms with van der Waals surface area (Å²) in [5, 5.41) is 34.9. The predicted molar refractivity (Wildman–Crippen MR) is 335 cm³/mol. The molecule has 10 atom stereocenters. The van der Waals surface area contributed by atoms with Crippen molar-refractivity contribution in [1.82, 2.24) is 35.6 Å². The molecule has 4 heterocycles. The minimum absolute atomic E-state index is 0.00642. The molecule has 9 rings (SSSR count). The summed E-state index contributed by atoms with van der Waals surface area (Å²) in [7, 11) is 4.33. The number of nitrogens with one attached hydrogen (secondary N) is 4. The molecule has 0 radical (unpaired) electrons. The number of phenolic OH excluding ortho intramolecular Hbond substituents is 2. The number of nitrogen functional groups attached to an aromatic ring is 1. The number of amides is 9. The average molecular weight is 1320 g/mol. The molecule has 9 amide bonds. The topological polar surface area (TPSA) is 406 Å². The molecule has 3 aromatic rings. The van der Waals surface area contributed by atoms with E-state index in [0.717, 1.165) is 9.80 Å². The zero-order valence-corrected chi connectivity index (χ0v) is 53.8. The third-order valence-electron chi connectivity index (χ3n) is 17.9. The molecule has 0 aromatic heterocycles. The van der Waals surface area contributed by atoms with Gasteiger partial charge in [-0.25, -0.2) is 14.4 Å². The Balaban J connectivity index is 0.787. The first-order valence-electron chi connectivity index (χ1n) is 31.7. The molecule has 0 saturated carbocycles. The number of para-hydroxylation sites is 1. The highest BCUT2D eigenvalue weighted by molar-refractivity contribution is 6.32. The van der Waals surface area contributed by atoms with Gasteiger partial charge in [-0.1, -0.05) is 50.6 Å². The number of nitrogens with two attached hydrogens (primary N) is 2. The molecule has 3 saturated heterocycles. The second kappa shape index (κ2) is 31.0. The van der Waals surface area contributed by atoms with E-state index in [1.165, 1.54) is 56.5 Å². The molecule has 1 unspecified atom stereocenters. The van der Waals surface area contributed by atoms with Crippen LogP contribution in [0.5, 0.6) is 11.5 Å². The summed E-state index contributed by atoms with van der Waals surface area (Å²) in [6.45, 7) is 5.19. The lowest BCUT2D eigenvalue weighted by Crippen LogP contribution is -2.55. The zero-order chi connectivity index (χ0) is 68.5. The highest BCUT2D eigenvalue weighted by atomic mass is 16.7. The molecule has 3 fully saturated rings. The van der Waals surface area contributed by atoms with Crippen LogP contribution in [0, 0.1) is 11.8 Å². The molecule has 30 nitrogen and oxygen atoms in total. The number of hydrogen-bond donors (Lipinski definition) is 8. The Hall–Kier alpha value is -9.07. The molecule has 4 aliphatic heterocycles. The van der Waals surface area contributed by atoms with Crippen molar-refractivity contribution in [2.24, 2.45) is 17.6 Å². The van der Waals surface area contributed by atoms with Gasteiger partial charge in [0.15, 0.2) is 42.8 Å². The number of Topliss-reactive ketones (excluding diaryl/α,β-unsaturated/α-hetero) is 1. The molecule has 95 heavy (non-hydrogen) atoms. The number of primary amides is 1. The lowest BCUT2D eigenvalue weighted by molar-refractivity contribution is -0.254. The Bertz CT molecular complexity index is 3490. The van der Waals surface area contributed by atoms with Crippen LogP contribution in [0.2, 0.25) is 0 Å². The number of fused-ring (bicyclic) bond motifs is 6. The zero-order valence-electron chi connectivity index (χ0n) is 53.8. The number of carbonyl (C=O) groups excluding carboxylic acids is 11. The number of imide groups is 1. The number of phenols is 2. The lowest BCUT2D eigenvalue weighted by atomic mass is 9.73. The van der Waals surface area contributed by atoms with Crippen LogP contribution in [0.3, 0.4) is 0 Å². The number of carbonyl (C=O) groups is 11. The second-order valence-electron chi connectivity index (χ2n) is 24.6. The largest absolute Gasteiger partial charge is 0.507 e. The molecule has 6 aliphatic rings.